The number of rotatable bonds is 8. The number of likely N-dealkylation sites (N-methyl/N-ethyl adjacent to an activating group) is 1. The number of nitrogens with zero attached hydrogens (tertiary/aromatic N) is 2. The van der Waals surface area contributed by atoms with E-state index >= 15 is 0 Å². The molecule has 6 heteroatoms. The molecule has 26 heavy (non-hydrogen) atoms. The summed E-state index contributed by atoms with van der Waals surface area (Å²) in [7, 11) is -1.95. The second-order valence-corrected chi connectivity index (χ2v) is 9.06. The maximum atomic E-state index is 12.8. The largest absolute Gasteiger partial charge is 0.311 e. The van der Waals surface area contributed by atoms with E-state index in [0.29, 0.717) is 17.0 Å². The number of hydrogen-bond acceptors (Lipinski definition) is 4. The maximum Gasteiger partial charge on any atom is 0.243 e. The van der Waals surface area contributed by atoms with Crippen LogP contribution < -0.4 is 5.32 Å². The van der Waals surface area contributed by atoms with Crippen molar-refractivity contribution in [1.82, 2.24) is 14.5 Å². The van der Waals surface area contributed by atoms with Crippen molar-refractivity contribution >= 4 is 10.0 Å². The monoisotopic (exact) mass is 373 g/mol. The lowest BCUT2D eigenvalue weighted by Gasteiger charge is -2.27. The average molecular weight is 374 g/mol. The van der Waals surface area contributed by atoms with Gasteiger partial charge in [0.2, 0.25) is 10.0 Å². The maximum absolute atomic E-state index is 12.8. The van der Waals surface area contributed by atoms with Crippen LogP contribution in [0, 0.1) is 0 Å². The number of piperazine rings is 1. The van der Waals surface area contributed by atoms with Crippen LogP contribution in [-0.2, 0) is 16.6 Å². The fourth-order valence-corrected chi connectivity index (χ4v) is 4.86. The van der Waals surface area contributed by atoms with E-state index in [1.54, 1.807) is 37.4 Å². The van der Waals surface area contributed by atoms with E-state index in [-0.39, 0.29) is 6.54 Å². The summed E-state index contributed by atoms with van der Waals surface area (Å²) in [6, 6.07) is 8.50. The zero-order valence-electron chi connectivity index (χ0n) is 15.3. The second kappa shape index (κ2) is 7.88. The van der Waals surface area contributed by atoms with Crippen LogP contribution >= 0.6 is 0 Å². The Labute approximate surface area is 156 Å². The Morgan fingerprint density at radius 3 is 2.62 bits per heavy atom. The third-order valence-electron chi connectivity index (χ3n) is 5.19. The SMILES string of the molecule is C=C/C=C(\C=C)CN(C)S(=O)(=O)c1ccc(CN2CC3CC2CN3)cc1. The van der Waals surface area contributed by atoms with E-state index in [0.717, 1.165) is 30.8 Å². The Morgan fingerprint density at radius 1 is 1.35 bits per heavy atom. The van der Waals surface area contributed by atoms with E-state index < -0.39 is 10.0 Å². The van der Waals surface area contributed by atoms with Crippen molar-refractivity contribution in [2.45, 2.75) is 29.9 Å². The number of allylic oxidation sites excluding steroid dienone is 2. The first-order valence-corrected chi connectivity index (χ1v) is 10.3. The highest BCUT2D eigenvalue weighted by atomic mass is 32.2. The lowest BCUT2D eigenvalue weighted by molar-refractivity contribution is 0.218. The second-order valence-electron chi connectivity index (χ2n) is 7.01. The predicted molar refractivity (Wildman–Crippen MR) is 105 cm³/mol. The summed E-state index contributed by atoms with van der Waals surface area (Å²) in [5, 5.41) is 3.50. The Balaban J connectivity index is 1.67. The Bertz CT molecular complexity index is 799. The number of benzene rings is 1. The molecule has 3 rings (SSSR count). The van der Waals surface area contributed by atoms with Crippen molar-refractivity contribution in [3.63, 3.8) is 0 Å². The first kappa shape index (κ1) is 19.0. The number of hydrogen-bond donors (Lipinski definition) is 1. The summed E-state index contributed by atoms with van der Waals surface area (Å²) in [5.74, 6) is 0. The van der Waals surface area contributed by atoms with Crippen molar-refractivity contribution in [2.24, 2.45) is 0 Å². The molecule has 0 aromatic heterocycles. The normalized spacial score (nSPS) is 23.5. The van der Waals surface area contributed by atoms with E-state index in [9.17, 15) is 8.42 Å². The summed E-state index contributed by atoms with van der Waals surface area (Å²) < 4.78 is 26.9. The van der Waals surface area contributed by atoms with Gasteiger partial charge in [-0.1, -0.05) is 43.5 Å². The van der Waals surface area contributed by atoms with Gasteiger partial charge in [-0.3, -0.25) is 4.90 Å². The fraction of sp³-hybridized carbons (Fsp3) is 0.400. The van der Waals surface area contributed by atoms with Crippen LogP contribution in [0.1, 0.15) is 12.0 Å². The van der Waals surface area contributed by atoms with Gasteiger partial charge in [-0.2, -0.15) is 4.31 Å². The minimum Gasteiger partial charge on any atom is -0.311 e. The molecule has 1 aromatic carbocycles. The van der Waals surface area contributed by atoms with Crippen LogP contribution in [0.4, 0.5) is 0 Å². The van der Waals surface area contributed by atoms with E-state index in [1.807, 2.05) is 12.1 Å². The van der Waals surface area contributed by atoms with Gasteiger partial charge in [0.25, 0.3) is 0 Å². The van der Waals surface area contributed by atoms with Crippen LogP contribution in [0.3, 0.4) is 0 Å². The van der Waals surface area contributed by atoms with Gasteiger partial charge in [-0.15, -0.1) is 0 Å². The molecule has 1 N–H and O–H groups in total. The van der Waals surface area contributed by atoms with Gasteiger partial charge >= 0.3 is 0 Å². The molecule has 2 heterocycles. The zero-order chi connectivity index (χ0) is 18.7. The topological polar surface area (TPSA) is 52.7 Å². The first-order valence-electron chi connectivity index (χ1n) is 8.91. The number of fused-ring (bicyclic) bond motifs is 2. The predicted octanol–water partition coefficient (Wildman–Crippen LogP) is 2.15. The van der Waals surface area contributed by atoms with Crippen molar-refractivity contribution < 1.29 is 8.42 Å². The van der Waals surface area contributed by atoms with Gasteiger partial charge in [-0.05, 0) is 29.7 Å². The van der Waals surface area contributed by atoms with Crippen LogP contribution in [0.25, 0.3) is 0 Å². The number of likely N-dealkylation sites (tertiary alicyclic amines) is 1. The van der Waals surface area contributed by atoms with E-state index in [2.05, 4.69) is 23.4 Å². The van der Waals surface area contributed by atoms with E-state index in [4.69, 9.17) is 0 Å². The van der Waals surface area contributed by atoms with Crippen molar-refractivity contribution in [2.75, 3.05) is 26.7 Å². The summed E-state index contributed by atoms with van der Waals surface area (Å²) >= 11 is 0. The molecule has 0 aliphatic carbocycles. The summed E-state index contributed by atoms with van der Waals surface area (Å²) in [6.45, 7) is 10.6. The summed E-state index contributed by atoms with van der Waals surface area (Å²) in [4.78, 5) is 2.79. The average Bonchev–Trinajstić information content (AvgIpc) is 3.24. The van der Waals surface area contributed by atoms with Gasteiger partial charge in [-0.25, -0.2) is 8.42 Å². The minimum absolute atomic E-state index is 0.267. The molecule has 140 valence electrons. The third kappa shape index (κ3) is 3.99. The quantitative estimate of drug-likeness (QED) is 0.710. The molecule has 2 unspecified atom stereocenters. The van der Waals surface area contributed by atoms with Crippen LogP contribution in [0.2, 0.25) is 0 Å². The van der Waals surface area contributed by atoms with Crippen molar-refractivity contribution in [3.05, 3.63) is 66.8 Å². The summed E-state index contributed by atoms with van der Waals surface area (Å²) in [6.07, 6.45) is 6.27. The van der Waals surface area contributed by atoms with Crippen LogP contribution in [0.5, 0.6) is 0 Å². The third-order valence-corrected chi connectivity index (χ3v) is 7.00. The van der Waals surface area contributed by atoms with Crippen molar-refractivity contribution in [1.29, 1.82) is 0 Å². The Morgan fingerprint density at radius 2 is 2.08 bits per heavy atom. The van der Waals surface area contributed by atoms with E-state index in [1.165, 1.54) is 10.7 Å². The lowest BCUT2D eigenvalue weighted by atomic mass is 10.2. The number of sulfonamides is 1. The molecule has 0 spiro atoms. The molecule has 2 aliphatic heterocycles. The van der Waals surface area contributed by atoms with Crippen LogP contribution in [-0.4, -0.2) is 56.4 Å². The highest BCUT2D eigenvalue weighted by Gasteiger charge is 2.37. The van der Waals surface area contributed by atoms with Crippen molar-refractivity contribution in [3.8, 4) is 0 Å². The molecule has 2 fully saturated rings. The van der Waals surface area contributed by atoms with Gasteiger partial charge < -0.3 is 5.32 Å². The standard InChI is InChI=1S/C20H27N3O2S/c1-4-6-16(5-2)13-22(3)26(24,25)20-9-7-17(8-10-20)14-23-15-18-11-19(23)12-21-18/h4-10,18-19,21H,1-2,11-15H2,3H3/b16-6+. The number of nitrogens with one attached hydrogen (secondary N) is 1. The molecule has 5 nitrogen and oxygen atoms in total. The lowest BCUT2D eigenvalue weighted by Crippen LogP contribution is -2.42. The fourth-order valence-electron chi connectivity index (χ4n) is 3.70. The summed E-state index contributed by atoms with van der Waals surface area (Å²) in [5.41, 5.74) is 1.96. The van der Waals surface area contributed by atoms with Gasteiger partial charge in [0.1, 0.15) is 0 Å². The molecule has 2 bridgehead atoms. The molecular formula is C20H27N3O2S. The first-order chi connectivity index (χ1) is 12.4. The molecule has 0 radical (unpaired) electrons. The molecule has 2 saturated heterocycles. The van der Waals surface area contributed by atoms with Gasteiger partial charge in [0, 0.05) is 45.3 Å². The molecule has 0 saturated carbocycles. The molecule has 0 amide bonds. The smallest absolute Gasteiger partial charge is 0.243 e. The van der Waals surface area contributed by atoms with Gasteiger partial charge in [0.05, 0.1) is 4.90 Å². The highest BCUT2D eigenvalue weighted by Crippen LogP contribution is 2.25. The Kier molecular flexibility index (Phi) is 5.77. The minimum atomic E-state index is -3.53. The molecule has 2 aliphatic rings. The highest BCUT2D eigenvalue weighted by molar-refractivity contribution is 7.89. The molecule has 1 aromatic rings. The Hall–Kier alpha value is -1.73. The molecule has 2 atom stereocenters. The zero-order valence-corrected chi connectivity index (χ0v) is 16.1. The van der Waals surface area contributed by atoms with Crippen LogP contribution in [0.15, 0.2) is 66.1 Å². The molecular weight excluding hydrogens is 346 g/mol. The van der Waals surface area contributed by atoms with Gasteiger partial charge in [0.15, 0.2) is 0 Å².